The molecule has 18 heavy (non-hydrogen) atoms. The Bertz CT molecular complexity index is 511. The van der Waals surface area contributed by atoms with E-state index < -0.39 is 0 Å². The first-order valence-electron chi connectivity index (χ1n) is 5.76. The monoisotopic (exact) mass is 261 g/mol. The summed E-state index contributed by atoms with van der Waals surface area (Å²) in [6.45, 7) is 0.536. The summed E-state index contributed by atoms with van der Waals surface area (Å²) in [4.78, 5) is 11.4. The molecule has 2 N–H and O–H groups in total. The van der Waals surface area contributed by atoms with E-state index >= 15 is 0 Å². The fourth-order valence-electron chi connectivity index (χ4n) is 1.66. The van der Waals surface area contributed by atoms with Gasteiger partial charge < -0.3 is 5.32 Å². The van der Waals surface area contributed by atoms with Crippen LogP contribution in [0, 0.1) is 0 Å². The Morgan fingerprint density at radius 2 is 2.28 bits per heavy atom. The minimum atomic E-state index is 0.0249. The van der Waals surface area contributed by atoms with Crippen LogP contribution in [0.15, 0.2) is 36.5 Å². The van der Waals surface area contributed by atoms with Crippen molar-refractivity contribution in [2.24, 2.45) is 0 Å². The van der Waals surface area contributed by atoms with Crippen molar-refractivity contribution in [3.63, 3.8) is 0 Å². The predicted molar refractivity (Wildman–Crippen MR) is 74.3 cm³/mol. The Balaban J connectivity index is 2.02. The van der Waals surface area contributed by atoms with Gasteiger partial charge in [-0.15, -0.1) is 0 Å². The van der Waals surface area contributed by atoms with Crippen LogP contribution in [0.4, 0.5) is 0 Å². The number of hydrogen-bond donors (Lipinski definition) is 3. The van der Waals surface area contributed by atoms with E-state index in [0.717, 1.165) is 16.8 Å². The number of nitrogens with one attached hydrogen (secondary N) is 2. The van der Waals surface area contributed by atoms with E-state index in [4.69, 9.17) is 0 Å². The van der Waals surface area contributed by atoms with Crippen molar-refractivity contribution in [2.75, 3.05) is 5.75 Å². The zero-order valence-electron chi connectivity index (χ0n) is 9.89. The highest BCUT2D eigenvalue weighted by atomic mass is 32.1. The molecule has 0 radical (unpaired) electrons. The molecule has 1 amide bonds. The molecule has 0 saturated carbocycles. The van der Waals surface area contributed by atoms with E-state index in [2.05, 4.69) is 28.1 Å². The second kappa shape index (κ2) is 6.26. The highest BCUT2D eigenvalue weighted by Gasteiger charge is 2.02. The largest absolute Gasteiger partial charge is 0.352 e. The Hall–Kier alpha value is -1.75. The normalized spacial score (nSPS) is 10.3. The highest BCUT2D eigenvalue weighted by Crippen LogP contribution is 2.17. The summed E-state index contributed by atoms with van der Waals surface area (Å²) in [7, 11) is 0. The van der Waals surface area contributed by atoms with Crippen LogP contribution in [0.5, 0.6) is 0 Å². The average molecular weight is 261 g/mol. The molecule has 5 heteroatoms. The number of aromatic amines is 1. The summed E-state index contributed by atoms with van der Waals surface area (Å²) in [6.07, 6.45) is 2.17. The van der Waals surface area contributed by atoms with Crippen molar-refractivity contribution in [3.05, 3.63) is 42.1 Å². The lowest BCUT2D eigenvalue weighted by molar-refractivity contribution is -0.120. The number of aromatic nitrogens is 2. The maximum absolute atomic E-state index is 11.4. The zero-order valence-corrected chi connectivity index (χ0v) is 10.8. The predicted octanol–water partition coefficient (Wildman–Crippen LogP) is 2.01. The van der Waals surface area contributed by atoms with Gasteiger partial charge in [-0.25, -0.2) is 0 Å². The number of carbonyl (C=O) groups is 1. The van der Waals surface area contributed by atoms with Gasteiger partial charge in [0, 0.05) is 19.2 Å². The van der Waals surface area contributed by atoms with E-state index in [9.17, 15) is 4.79 Å². The molecule has 2 aromatic rings. The Kier molecular flexibility index (Phi) is 4.41. The molecule has 0 spiro atoms. The van der Waals surface area contributed by atoms with Crippen LogP contribution in [0.25, 0.3) is 11.3 Å². The Morgan fingerprint density at radius 3 is 3.00 bits per heavy atom. The lowest BCUT2D eigenvalue weighted by Crippen LogP contribution is -2.22. The summed E-state index contributed by atoms with van der Waals surface area (Å²) < 4.78 is 0. The van der Waals surface area contributed by atoms with Crippen molar-refractivity contribution < 1.29 is 4.79 Å². The summed E-state index contributed by atoms with van der Waals surface area (Å²) >= 11 is 4.03. The van der Waals surface area contributed by atoms with Gasteiger partial charge in [-0.3, -0.25) is 9.89 Å². The summed E-state index contributed by atoms with van der Waals surface area (Å²) in [6, 6.07) is 9.91. The molecule has 94 valence electrons. The molecule has 0 fully saturated rings. The second-order valence-electron chi connectivity index (χ2n) is 3.92. The molecule has 0 unspecified atom stereocenters. The van der Waals surface area contributed by atoms with Crippen LogP contribution < -0.4 is 5.32 Å². The Morgan fingerprint density at radius 1 is 1.39 bits per heavy atom. The third-order valence-corrected chi connectivity index (χ3v) is 2.79. The lowest BCUT2D eigenvalue weighted by atomic mass is 10.1. The van der Waals surface area contributed by atoms with Crippen LogP contribution in [0.3, 0.4) is 0 Å². The van der Waals surface area contributed by atoms with E-state index in [0.29, 0.717) is 18.7 Å². The number of H-pyrrole nitrogens is 1. The van der Waals surface area contributed by atoms with Crippen molar-refractivity contribution in [3.8, 4) is 11.3 Å². The van der Waals surface area contributed by atoms with Crippen molar-refractivity contribution >= 4 is 18.5 Å². The third-order valence-electron chi connectivity index (χ3n) is 2.57. The first-order valence-corrected chi connectivity index (χ1v) is 6.39. The van der Waals surface area contributed by atoms with Gasteiger partial charge in [-0.1, -0.05) is 18.2 Å². The zero-order chi connectivity index (χ0) is 12.8. The lowest BCUT2D eigenvalue weighted by Gasteiger charge is -2.06. The smallest absolute Gasteiger partial charge is 0.221 e. The number of benzene rings is 1. The third kappa shape index (κ3) is 3.37. The number of hydrogen-bond acceptors (Lipinski definition) is 3. The molecule has 0 bridgehead atoms. The number of carbonyl (C=O) groups excluding carboxylic acids is 1. The Labute approximate surface area is 111 Å². The van der Waals surface area contributed by atoms with E-state index in [1.165, 1.54) is 0 Å². The van der Waals surface area contributed by atoms with Gasteiger partial charge in [0.1, 0.15) is 0 Å². The molecular formula is C13H15N3OS. The fraction of sp³-hybridized carbons (Fsp3) is 0.231. The molecular weight excluding hydrogens is 246 g/mol. The summed E-state index contributed by atoms with van der Waals surface area (Å²) in [5, 5.41) is 9.70. The molecule has 1 heterocycles. The minimum absolute atomic E-state index is 0.0249. The first kappa shape index (κ1) is 12.7. The SMILES string of the molecule is O=C(CCS)NCc1cccc(-c2ccn[nH]2)c1. The average Bonchev–Trinajstić information content (AvgIpc) is 2.91. The minimum Gasteiger partial charge on any atom is -0.352 e. The van der Waals surface area contributed by atoms with Crippen LogP contribution in [0.2, 0.25) is 0 Å². The van der Waals surface area contributed by atoms with Crippen LogP contribution in [-0.4, -0.2) is 21.9 Å². The molecule has 0 aliphatic heterocycles. The molecule has 2 rings (SSSR count). The van der Waals surface area contributed by atoms with Gasteiger partial charge in [0.25, 0.3) is 0 Å². The molecule has 0 aliphatic carbocycles. The van der Waals surface area contributed by atoms with Gasteiger partial charge in [-0.05, 0) is 29.0 Å². The van der Waals surface area contributed by atoms with E-state index in [1.54, 1.807) is 6.20 Å². The molecule has 0 atom stereocenters. The topological polar surface area (TPSA) is 57.8 Å². The number of thiol groups is 1. The van der Waals surface area contributed by atoms with Crippen LogP contribution >= 0.6 is 12.6 Å². The maximum Gasteiger partial charge on any atom is 0.221 e. The summed E-state index contributed by atoms with van der Waals surface area (Å²) in [5.74, 6) is 0.594. The van der Waals surface area contributed by atoms with Gasteiger partial charge in [0.2, 0.25) is 5.91 Å². The van der Waals surface area contributed by atoms with Crippen molar-refractivity contribution in [1.29, 1.82) is 0 Å². The molecule has 0 saturated heterocycles. The van der Waals surface area contributed by atoms with Crippen LogP contribution in [0.1, 0.15) is 12.0 Å². The quantitative estimate of drug-likeness (QED) is 0.721. The van der Waals surface area contributed by atoms with E-state index in [-0.39, 0.29) is 5.91 Å². The number of amides is 1. The van der Waals surface area contributed by atoms with Gasteiger partial charge in [-0.2, -0.15) is 17.7 Å². The second-order valence-corrected chi connectivity index (χ2v) is 4.37. The molecule has 4 nitrogen and oxygen atoms in total. The van der Waals surface area contributed by atoms with E-state index in [1.807, 2.05) is 30.3 Å². The molecule has 1 aromatic carbocycles. The fourth-order valence-corrected chi connectivity index (χ4v) is 1.86. The highest BCUT2D eigenvalue weighted by molar-refractivity contribution is 7.80. The van der Waals surface area contributed by atoms with Crippen molar-refractivity contribution in [2.45, 2.75) is 13.0 Å². The van der Waals surface area contributed by atoms with Crippen molar-refractivity contribution in [1.82, 2.24) is 15.5 Å². The van der Waals surface area contributed by atoms with Gasteiger partial charge in [0.05, 0.1) is 5.69 Å². The molecule has 0 aliphatic rings. The standard InChI is InChI=1S/C13H15N3OS/c17-13(5-7-18)14-9-10-2-1-3-11(8-10)12-4-6-15-16-12/h1-4,6,8,18H,5,7,9H2,(H,14,17)(H,15,16). The van der Waals surface area contributed by atoms with Gasteiger partial charge >= 0.3 is 0 Å². The summed E-state index contributed by atoms with van der Waals surface area (Å²) in [5.41, 5.74) is 3.10. The van der Waals surface area contributed by atoms with Crippen LogP contribution in [-0.2, 0) is 11.3 Å². The number of nitrogens with zero attached hydrogens (tertiary/aromatic N) is 1. The maximum atomic E-state index is 11.4. The van der Waals surface area contributed by atoms with Gasteiger partial charge in [0.15, 0.2) is 0 Å². The number of rotatable bonds is 5. The molecule has 1 aromatic heterocycles. The first-order chi connectivity index (χ1) is 8.79.